The smallest absolute Gasteiger partial charge is 0.339 e. The number of methoxy groups -OCH3 is 1. The van der Waals surface area contributed by atoms with Crippen molar-refractivity contribution >= 4 is 33.3 Å². The van der Waals surface area contributed by atoms with Crippen LogP contribution in [0, 0.1) is 0 Å². The topological polar surface area (TPSA) is 63.6 Å². The van der Waals surface area contributed by atoms with Crippen molar-refractivity contribution in [3.63, 3.8) is 0 Å². The number of carbonyl (C=O) groups is 2. The van der Waals surface area contributed by atoms with Crippen molar-refractivity contribution in [2.75, 3.05) is 13.7 Å². The first-order chi connectivity index (χ1) is 10.7. The van der Waals surface area contributed by atoms with Crippen molar-refractivity contribution in [3.05, 3.63) is 59.7 Å². The van der Waals surface area contributed by atoms with Gasteiger partial charge in [-0.1, -0.05) is 51.9 Å². The van der Waals surface area contributed by atoms with Gasteiger partial charge in [-0.3, -0.25) is 4.79 Å². The Morgan fingerprint density at radius 1 is 0.955 bits per heavy atom. The molecule has 0 aliphatic heterocycles. The normalized spacial score (nSPS) is 10.3. The molecule has 0 atom stereocenters. The SMILES string of the molecule is COC(=O)c1ccccc1SSc1ccccc1C(=O)CO. The van der Waals surface area contributed by atoms with Gasteiger partial charge >= 0.3 is 5.97 Å². The van der Waals surface area contributed by atoms with Crippen LogP contribution in [-0.2, 0) is 4.74 Å². The van der Waals surface area contributed by atoms with Crippen molar-refractivity contribution in [3.8, 4) is 0 Å². The van der Waals surface area contributed by atoms with Crippen molar-refractivity contribution in [2.24, 2.45) is 0 Å². The minimum atomic E-state index is -0.527. The van der Waals surface area contributed by atoms with Crippen LogP contribution in [0.5, 0.6) is 0 Å². The summed E-state index contributed by atoms with van der Waals surface area (Å²) in [5, 5.41) is 9.02. The van der Waals surface area contributed by atoms with Crippen LogP contribution < -0.4 is 0 Å². The van der Waals surface area contributed by atoms with Gasteiger partial charge in [0.25, 0.3) is 0 Å². The number of aliphatic hydroxyl groups excluding tert-OH is 1. The molecule has 2 aromatic carbocycles. The van der Waals surface area contributed by atoms with Crippen LogP contribution >= 0.6 is 21.6 Å². The second kappa shape index (κ2) is 8.03. The average molecular weight is 334 g/mol. The number of ketones is 1. The quantitative estimate of drug-likeness (QED) is 0.496. The molecule has 0 amide bonds. The van der Waals surface area contributed by atoms with Crippen LogP contribution in [0.25, 0.3) is 0 Å². The predicted molar refractivity (Wildman–Crippen MR) is 87.4 cm³/mol. The third-order valence-electron chi connectivity index (χ3n) is 2.84. The molecule has 0 saturated carbocycles. The van der Waals surface area contributed by atoms with E-state index in [0.717, 1.165) is 9.79 Å². The minimum Gasteiger partial charge on any atom is -0.465 e. The summed E-state index contributed by atoms with van der Waals surface area (Å²) >= 11 is 0. The lowest BCUT2D eigenvalue weighted by molar-refractivity contribution is 0.0596. The van der Waals surface area contributed by atoms with Gasteiger partial charge in [0, 0.05) is 15.4 Å². The third kappa shape index (κ3) is 3.91. The highest BCUT2D eigenvalue weighted by Crippen LogP contribution is 2.40. The Labute approximate surface area is 136 Å². The molecule has 0 aliphatic rings. The van der Waals surface area contributed by atoms with Crippen LogP contribution in [0.3, 0.4) is 0 Å². The van der Waals surface area contributed by atoms with Crippen LogP contribution in [0.15, 0.2) is 58.3 Å². The maximum atomic E-state index is 11.7. The van der Waals surface area contributed by atoms with E-state index in [1.54, 1.807) is 30.3 Å². The summed E-state index contributed by atoms with van der Waals surface area (Å²) in [7, 11) is 4.07. The maximum Gasteiger partial charge on any atom is 0.339 e. The summed E-state index contributed by atoms with van der Waals surface area (Å²) in [6.07, 6.45) is 0. The highest BCUT2D eigenvalue weighted by Gasteiger charge is 2.14. The van der Waals surface area contributed by atoms with Gasteiger partial charge in [0.05, 0.1) is 12.7 Å². The van der Waals surface area contributed by atoms with Crippen LogP contribution in [0.1, 0.15) is 20.7 Å². The summed E-state index contributed by atoms with van der Waals surface area (Å²) < 4.78 is 4.76. The predicted octanol–water partition coefficient (Wildman–Crippen LogP) is 3.45. The van der Waals surface area contributed by atoms with E-state index in [1.165, 1.54) is 28.7 Å². The fraction of sp³-hybridized carbons (Fsp3) is 0.125. The molecule has 0 radical (unpaired) electrons. The lowest BCUT2D eigenvalue weighted by atomic mass is 10.1. The molecule has 1 N–H and O–H groups in total. The molecule has 0 spiro atoms. The molecule has 0 saturated heterocycles. The van der Waals surface area contributed by atoms with Gasteiger partial charge < -0.3 is 9.84 Å². The molecule has 2 rings (SSSR count). The van der Waals surface area contributed by atoms with Gasteiger partial charge in [0.15, 0.2) is 5.78 Å². The number of rotatable bonds is 6. The zero-order valence-electron chi connectivity index (χ0n) is 11.8. The van der Waals surface area contributed by atoms with Gasteiger partial charge in [-0.2, -0.15) is 0 Å². The molecule has 6 heteroatoms. The fourth-order valence-electron chi connectivity index (χ4n) is 1.76. The summed E-state index contributed by atoms with van der Waals surface area (Å²) in [6, 6.07) is 14.2. The Bertz CT molecular complexity index is 626. The van der Waals surface area contributed by atoms with E-state index in [-0.39, 0.29) is 5.78 Å². The van der Waals surface area contributed by atoms with Crippen LogP contribution in [-0.4, -0.2) is 30.6 Å². The molecule has 0 aromatic heterocycles. The highest BCUT2D eigenvalue weighted by molar-refractivity contribution is 8.76. The molecule has 0 unspecified atom stereocenters. The molecule has 2 aromatic rings. The first kappa shape index (κ1) is 16.6. The third-order valence-corrected chi connectivity index (χ3v) is 5.33. The minimum absolute atomic E-state index is 0.329. The fourth-order valence-corrected chi connectivity index (χ4v) is 4.13. The number of benzene rings is 2. The first-order valence-electron chi connectivity index (χ1n) is 6.42. The average Bonchev–Trinajstić information content (AvgIpc) is 2.59. The van der Waals surface area contributed by atoms with Crippen molar-refractivity contribution in [1.82, 2.24) is 0 Å². The van der Waals surface area contributed by atoms with E-state index in [4.69, 9.17) is 9.84 Å². The Morgan fingerprint density at radius 2 is 1.45 bits per heavy atom. The van der Waals surface area contributed by atoms with Gasteiger partial charge in [0.1, 0.15) is 6.61 Å². The summed E-state index contributed by atoms with van der Waals surface area (Å²) in [5.41, 5.74) is 0.950. The lowest BCUT2D eigenvalue weighted by Crippen LogP contribution is -2.05. The molecule has 22 heavy (non-hydrogen) atoms. The first-order valence-corrected chi connectivity index (χ1v) is 8.57. The second-order valence-electron chi connectivity index (χ2n) is 4.23. The summed E-state index contributed by atoms with van der Waals surface area (Å²) in [5.74, 6) is -0.728. The largest absolute Gasteiger partial charge is 0.465 e. The van der Waals surface area contributed by atoms with E-state index in [0.29, 0.717) is 11.1 Å². The second-order valence-corrected chi connectivity index (χ2v) is 6.44. The molecule has 0 bridgehead atoms. The number of carbonyl (C=O) groups excluding carboxylic acids is 2. The summed E-state index contributed by atoms with van der Waals surface area (Å²) in [6.45, 7) is -0.527. The number of hydrogen-bond acceptors (Lipinski definition) is 6. The van der Waals surface area contributed by atoms with Crippen molar-refractivity contribution in [2.45, 2.75) is 9.79 Å². The highest BCUT2D eigenvalue weighted by atomic mass is 33.1. The van der Waals surface area contributed by atoms with Gasteiger partial charge in [-0.15, -0.1) is 0 Å². The molecule has 0 fully saturated rings. The maximum absolute atomic E-state index is 11.7. The van der Waals surface area contributed by atoms with E-state index in [2.05, 4.69) is 0 Å². The van der Waals surface area contributed by atoms with Crippen molar-refractivity contribution in [1.29, 1.82) is 0 Å². The van der Waals surface area contributed by atoms with Gasteiger partial charge in [0.2, 0.25) is 0 Å². The molecule has 4 nitrogen and oxygen atoms in total. The number of esters is 1. The summed E-state index contributed by atoms with van der Waals surface area (Å²) in [4.78, 5) is 25.0. The van der Waals surface area contributed by atoms with Crippen molar-refractivity contribution < 1.29 is 19.4 Å². The molecular formula is C16H14O4S2. The molecule has 114 valence electrons. The van der Waals surface area contributed by atoms with Gasteiger partial charge in [-0.05, 0) is 18.2 Å². The Balaban J connectivity index is 2.21. The lowest BCUT2D eigenvalue weighted by Gasteiger charge is -2.09. The molecule has 0 heterocycles. The standard InChI is InChI=1S/C16H14O4S2/c1-20-16(19)12-7-3-5-9-15(12)22-21-14-8-4-2-6-11(14)13(18)10-17/h2-9,17H,10H2,1H3. The van der Waals surface area contributed by atoms with Gasteiger partial charge in [-0.25, -0.2) is 4.79 Å². The van der Waals surface area contributed by atoms with E-state index >= 15 is 0 Å². The molecular weight excluding hydrogens is 320 g/mol. The Hall–Kier alpha value is -1.76. The number of hydrogen-bond donors (Lipinski definition) is 1. The Kier molecular flexibility index (Phi) is 6.06. The number of Topliss-reactive ketones (excluding diaryl/α,β-unsaturated/α-hetero) is 1. The van der Waals surface area contributed by atoms with Crippen LogP contribution in [0.2, 0.25) is 0 Å². The molecule has 0 aliphatic carbocycles. The van der Waals surface area contributed by atoms with E-state index in [9.17, 15) is 9.59 Å². The number of aliphatic hydroxyl groups is 1. The van der Waals surface area contributed by atoms with Crippen LogP contribution in [0.4, 0.5) is 0 Å². The number of ether oxygens (including phenoxy) is 1. The zero-order valence-corrected chi connectivity index (χ0v) is 13.4. The van der Waals surface area contributed by atoms with E-state index < -0.39 is 12.6 Å². The zero-order chi connectivity index (χ0) is 15.9. The monoisotopic (exact) mass is 334 g/mol. The van der Waals surface area contributed by atoms with E-state index in [1.807, 2.05) is 18.2 Å². The Morgan fingerprint density at radius 3 is 2.00 bits per heavy atom.